The van der Waals surface area contributed by atoms with E-state index < -0.39 is 5.82 Å². The zero-order chi connectivity index (χ0) is 11.4. The van der Waals surface area contributed by atoms with Gasteiger partial charge >= 0.3 is 0 Å². The van der Waals surface area contributed by atoms with E-state index in [1.54, 1.807) is 19.2 Å². The molecule has 1 aromatic carbocycles. The van der Waals surface area contributed by atoms with Gasteiger partial charge in [-0.15, -0.1) is 0 Å². The lowest BCUT2D eigenvalue weighted by Gasteiger charge is -2.15. The summed E-state index contributed by atoms with van der Waals surface area (Å²) in [6.45, 7) is 1.87. The Labute approximate surface area is 88.5 Å². The van der Waals surface area contributed by atoms with Crippen molar-refractivity contribution < 1.29 is 13.9 Å². The third-order valence-electron chi connectivity index (χ3n) is 2.17. The van der Waals surface area contributed by atoms with E-state index in [1.807, 2.05) is 0 Å². The van der Waals surface area contributed by atoms with Crippen molar-refractivity contribution in [1.29, 1.82) is 0 Å². The van der Waals surface area contributed by atoms with Crippen LogP contribution in [0.25, 0.3) is 0 Å². The second-order valence-electron chi connectivity index (χ2n) is 3.34. The van der Waals surface area contributed by atoms with Crippen molar-refractivity contribution in [1.82, 2.24) is 4.90 Å². The van der Waals surface area contributed by atoms with E-state index in [-0.39, 0.29) is 11.7 Å². The first-order valence-corrected chi connectivity index (χ1v) is 4.58. The van der Waals surface area contributed by atoms with Crippen LogP contribution in [0.15, 0.2) is 18.2 Å². The SMILES string of the molecule is COc1ccc(CN(C)C(C)=O)cc1F. The van der Waals surface area contributed by atoms with E-state index in [2.05, 4.69) is 0 Å². The predicted octanol–water partition coefficient (Wildman–Crippen LogP) is 1.81. The zero-order valence-corrected chi connectivity index (χ0v) is 9.08. The van der Waals surface area contributed by atoms with Gasteiger partial charge in [0.05, 0.1) is 7.11 Å². The molecule has 1 aromatic rings. The van der Waals surface area contributed by atoms with Crippen molar-refractivity contribution in [2.24, 2.45) is 0 Å². The average Bonchev–Trinajstić information content (AvgIpc) is 2.18. The Kier molecular flexibility index (Phi) is 3.66. The number of hydrogen-bond acceptors (Lipinski definition) is 2. The molecule has 0 atom stereocenters. The highest BCUT2D eigenvalue weighted by Crippen LogP contribution is 2.18. The molecule has 0 bridgehead atoms. The van der Waals surface area contributed by atoms with Gasteiger partial charge in [-0.05, 0) is 17.7 Å². The summed E-state index contributed by atoms with van der Waals surface area (Å²) in [5.74, 6) is -0.248. The van der Waals surface area contributed by atoms with Crippen LogP contribution in [0.2, 0.25) is 0 Å². The van der Waals surface area contributed by atoms with Crippen LogP contribution in [0.3, 0.4) is 0 Å². The number of rotatable bonds is 3. The van der Waals surface area contributed by atoms with Crippen molar-refractivity contribution in [2.75, 3.05) is 14.2 Å². The summed E-state index contributed by atoms with van der Waals surface area (Å²) in [6, 6.07) is 4.66. The van der Waals surface area contributed by atoms with E-state index in [9.17, 15) is 9.18 Å². The third-order valence-corrected chi connectivity index (χ3v) is 2.17. The molecule has 82 valence electrons. The second kappa shape index (κ2) is 4.77. The molecular formula is C11H14FNO2. The first-order valence-electron chi connectivity index (χ1n) is 4.58. The van der Waals surface area contributed by atoms with Gasteiger partial charge in [-0.25, -0.2) is 4.39 Å². The Morgan fingerprint density at radius 1 is 1.53 bits per heavy atom. The Bertz CT molecular complexity index is 366. The molecule has 0 heterocycles. The minimum atomic E-state index is -0.410. The quantitative estimate of drug-likeness (QED) is 0.763. The predicted molar refractivity (Wildman–Crippen MR) is 55.1 cm³/mol. The largest absolute Gasteiger partial charge is 0.494 e. The number of carbonyl (C=O) groups excluding carboxylic acids is 1. The zero-order valence-electron chi connectivity index (χ0n) is 9.08. The van der Waals surface area contributed by atoms with Gasteiger partial charge < -0.3 is 9.64 Å². The molecule has 0 aliphatic carbocycles. The van der Waals surface area contributed by atoms with Gasteiger partial charge in [-0.1, -0.05) is 6.07 Å². The van der Waals surface area contributed by atoms with Gasteiger partial charge in [-0.3, -0.25) is 4.79 Å². The standard InChI is InChI=1S/C11H14FNO2/c1-8(14)13(2)7-9-4-5-11(15-3)10(12)6-9/h4-6H,7H2,1-3H3. The molecule has 1 rings (SSSR count). The highest BCUT2D eigenvalue weighted by atomic mass is 19.1. The maximum absolute atomic E-state index is 13.3. The fourth-order valence-corrected chi connectivity index (χ4v) is 1.19. The van der Waals surface area contributed by atoms with Gasteiger partial charge in [0.25, 0.3) is 0 Å². The molecule has 4 heteroatoms. The molecule has 1 amide bonds. The van der Waals surface area contributed by atoms with Gasteiger partial charge in [0.15, 0.2) is 11.6 Å². The molecule has 0 saturated heterocycles. The first-order chi connectivity index (χ1) is 7.04. The number of ether oxygens (including phenoxy) is 1. The smallest absolute Gasteiger partial charge is 0.219 e. The molecule has 0 aliphatic rings. The first kappa shape index (κ1) is 11.5. The summed E-state index contributed by atoms with van der Waals surface area (Å²) in [6.07, 6.45) is 0. The minimum Gasteiger partial charge on any atom is -0.494 e. The summed E-state index contributed by atoms with van der Waals surface area (Å²) in [7, 11) is 3.09. The second-order valence-corrected chi connectivity index (χ2v) is 3.34. The molecule has 3 nitrogen and oxygen atoms in total. The fraction of sp³-hybridized carbons (Fsp3) is 0.364. The van der Waals surface area contributed by atoms with Crippen LogP contribution in [0, 0.1) is 5.82 Å². The number of carbonyl (C=O) groups is 1. The lowest BCUT2D eigenvalue weighted by atomic mass is 10.2. The van der Waals surface area contributed by atoms with E-state index in [4.69, 9.17) is 4.74 Å². The van der Waals surface area contributed by atoms with Gasteiger partial charge in [-0.2, -0.15) is 0 Å². The topological polar surface area (TPSA) is 29.5 Å². The van der Waals surface area contributed by atoms with Gasteiger partial charge in [0, 0.05) is 20.5 Å². The van der Waals surface area contributed by atoms with Crippen molar-refractivity contribution >= 4 is 5.91 Å². The van der Waals surface area contributed by atoms with Crippen LogP contribution in [0.4, 0.5) is 4.39 Å². The van der Waals surface area contributed by atoms with Crippen molar-refractivity contribution in [3.63, 3.8) is 0 Å². The normalized spacial score (nSPS) is 9.87. The van der Waals surface area contributed by atoms with Crippen LogP contribution in [-0.4, -0.2) is 25.0 Å². The Morgan fingerprint density at radius 3 is 2.67 bits per heavy atom. The molecule has 0 aromatic heterocycles. The van der Waals surface area contributed by atoms with Crippen molar-refractivity contribution in [2.45, 2.75) is 13.5 Å². The number of benzene rings is 1. The van der Waals surface area contributed by atoms with Crippen LogP contribution in [-0.2, 0) is 11.3 Å². The summed E-state index contributed by atoms with van der Waals surface area (Å²) in [5, 5.41) is 0. The van der Waals surface area contributed by atoms with Crippen molar-refractivity contribution in [3.8, 4) is 5.75 Å². The molecule has 0 spiro atoms. The summed E-state index contributed by atoms with van der Waals surface area (Å²) < 4.78 is 18.1. The van der Waals surface area contributed by atoms with Crippen LogP contribution in [0.1, 0.15) is 12.5 Å². The van der Waals surface area contributed by atoms with Gasteiger partial charge in [0.2, 0.25) is 5.91 Å². The van der Waals surface area contributed by atoms with E-state index in [0.717, 1.165) is 5.56 Å². The molecular weight excluding hydrogens is 197 g/mol. The lowest BCUT2D eigenvalue weighted by Crippen LogP contribution is -2.23. The monoisotopic (exact) mass is 211 g/mol. The highest BCUT2D eigenvalue weighted by Gasteiger charge is 2.07. The van der Waals surface area contributed by atoms with Gasteiger partial charge in [0.1, 0.15) is 0 Å². The Morgan fingerprint density at radius 2 is 2.20 bits per heavy atom. The molecule has 0 N–H and O–H groups in total. The summed E-state index contributed by atoms with van der Waals surface area (Å²) in [5.41, 5.74) is 0.742. The molecule has 0 aliphatic heterocycles. The Hall–Kier alpha value is -1.58. The van der Waals surface area contributed by atoms with Crippen LogP contribution < -0.4 is 4.74 Å². The molecule has 0 saturated carbocycles. The fourth-order valence-electron chi connectivity index (χ4n) is 1.19. The maximum atomic E-state index is 13.3. The van der Waals surface area contributed by atoms with E-state index in [1.165, 1.54) is 25.0 Å². The average molecular weight is 211 g/mol. The molecule has 0 radical (unpaired) electrons. The maximum Gasteiger partial charge on any atom is 0.219 e. The lowest BCUT2D eigenvalue weighted by molar-refractivity contribution is -0.128. The van der Waals surface area contributed by atoms with E-state index in [0.29, 0.717) is 6.54 Å². The molecule has 15 heavy (non-hydrogen) atoms. The molecule has 0 fully saturated rings. The number of amides is 1. The number of hydrogen-bond donors (Lipinski definition) is 0. The number of methoxy groups -OCH3 is 1. The van der Waals surface area contributed by atoms with E-state index >= 15 is 0 Å². The Balaban J connectivity index is 2.79. The van der Waals surface area contributed by atoms with Crippen LogP contribution in [0.5, 0.6) is 5.75 Å². The number of nitrogens with zero attached hydrogens (tertiary/aromatic N) is 1. The molecule has 0 unspecified atom stereocenters. The third kappa shape index (κ3) is 2.94. The van der Waals surface area contributed by atoms with Crippen molar-refractivity contribution in [3.05, 3.63) is 29.6 Å². The summed E-state index contributed by atoms with van der Waals surface area (Å²) >= 11 is 0. The minimum absolute atomic E-state index is 0.0498. The number of halogens is 1. The summed E-state index contributed by atoms with van der Waals surface area (Å²) in [4.78, 5) is 12.5. The van der Waals surface area contributed by atoms with Crippen LogP contribution >= 0.6 is 0 Å². The highest BCUT2D eigenvalue weighted by molar-refractivity contribution is 5.72.